The number of nitrogens with zero attached hydrogens (tertiary/aromatic N) is 1. The molecule has 17 heteroatoms. The zero-order chi connectivity index (χ0) is 46.4. The van der Waals surface area contributed by atoms with Crippen molar-refractivity contribution in [1.82, 2.24) is 4.90 Å². The van der Waals surface area contributed by atoms with Crippen molar-refractivity contribution >= 4 is 11.8 Å². The Balaban J connectivity index is 1.57. The monoisotopic (exact) mass is 888 g/mol. The lowest BCUT2D eigenvalue weighted by Crippen LogP contribution is -2.65. The molecule has 0 aromatic carbocycles. The average molecular weight is 888 g/mol. The molecule has 0 saturated carbocycles. The van der Waals surface area contributed by atoms with Gasteiger partial charge < -0.3 is 73.1 Å². The highest BCUT2D eigenvalue weighted by Gasteiger charge is 2.51. The van der Waals surface area contributed by atoms with Crippen LogP contribution in [0.15, 0.2) is 23.8 Å². The van der Waals surface area contributed by atoms with Gasteiger partial charge in [-0.15, -0.1) is 0 Å². The van der Waals surface area contributed by atoms with E-state index in [1.807, 2.05) is 33.8 Å². The van der Waals surface area contributed by atoms with E-state index in [9.17, 15) is 35.1 Å². The second-order valence-electron chi connectivity index (χ2n) is 18.6. The Morgan fingerprint density at radius 1 is 0.823 bits per heavy atom. The molecule has 21 atom stereocenters. The molecule has 0 aromatic heterocycles. The number of ether oxygens (including phenoxy) is 9. The summed E-state index contributed by atoms with van der Waals surface area (Å²) in [6.07, 6.45) is -7.74. The van der Waals surface area contributed by atoms with Crippen molar-refractivity contribution in [3.8, 4) is 0 Å². The number of rotatable bonds is 11. The van der Waals surface area contributed by atoms with E-state index in [0.29, 0.717) is 12.8 Å². The molecule has 0 radical (unpaired) electrons. The van der Waals surface area contributed by atoms with Gasteiger partial charge in [-0.25, -0.2) is 0 Å². The number of hydrogen-bond donors (Lipinski definition) is 5. The molecule has 358 valence electrons. The number of ketones is 1. The largest absolute Gasteiger partial charge is 0.462 e. The molecule has 7 unspecified atom stereocenters. The molecule has 0 spiro atoms. The van der Waals surface area contributed by atoms with Gasteiger partial charge in [0.2, 0.25) is 0 Å². The fraction of sp³-hybridized carbons (Fsp3) is 0.867. The zero-order valence-corrected chi connectivity index (χ0v) is 39.0. The fourth-order valence-electron chi connectivity index (χ4n) is 9.37. The maximum Gasteiger partial charge on any atom is 0.308 e. The number of aliphatic hydroxyl groups excluding tert-OH is 4. The molecule has 62 heavy (non-hydrogen) atoms. The number of aliphatic hydroxyl groups is 5. The number of carbonyl (C=O) groups excluding carboxylic acids is 2. The van der Waals surface area contributed by atoms with Gasteiger partial charge in [-0.2, -0.15) is 0 Å². The second kappa shape index (κ2) is 23.0. The number of hydrogen-bond acceptors (Lipinski definition) is 17. The molecule has 0 aromatic rings. The first-order valence-electron chi connectivity index (χ1n) is 22.2. The number of likely N-dealkylation sites (N-methyl/N-ethyl adjacent to an activating group) is 1. The lowest BCUT2D eigenvalue weighted by atomic mass is 9.82. The van der Waals surface area contributed by atoms with E-state index in [4.69, 9.17) is 42.6 Å². The standard InChI is InChI=1S/C45H77NO16/c1-14-32-29(21-56-44-41(55-13)40(54-12)36(50)26(6)58-44)17-22(2)15-16-30(47)23(3)18-24(4)38(25(5)31(48)19-33(49)60-32)62-43-37(51)35(46(10)11)39(27(7)59-43)61-34-20-45(9,53)42(52)28(8)57-34/h15-17,23-29,31-32,34-44,48,50-53H,14,18-21H2,1-13H3/b16-15+,22-17+/t23?,24?,25?,26-,27-,28+,29?,31?,32?,34+,35+,36-,37-,38?,39-,40-,41-,42+,43-,44-,45-/m1/s1. The van der Waals surface area contributed by atoms with Crippen LogP contribution >= 0.6 is 0 Å². The Kier molecular flexibility index (Phi) is 19.5. The summed E-state index contributed by atoms with van der Waals surface area (Å²) in [5, 5.41) is 55.6. The second-order valence-corrected chi connectivity index (χ2v) is 18.6. The summed E-state index contributed by atoms with van der Waals surface area (Å²) in [5.41, 5.74) is -0.726. The highest BCUT2D eigenvalue weighted by atomic mass is 16.7. The number of cyclic esters (lactones) is 1. The van der Waals surface area contributed by atoms with Crippen LogP contribution in [-0.2, 0) is 52.2 Å². The van der Waals surface area contributed by atoms with E-state index in [1.165, 1.54) is 27.2 Å². The van der Waals surface area contributed by atoms with Crippen molar-refractivity contribution in [3.05, 3.63) is 23.8 Å². The first-order valence-corrected chi connectivity index (χ1v) is 22.2. The van der Waals surface area contributed by atoms with Crippen LogP contribution in [0.25, 0.3) is 0 Å². The predicted molar refractivity (Wildman–Crippen MR) is 225 cm³/mol. The van der Waals surface area contributed by atoms with Gasteiger partial charge in [-0.3, -0.25) is 9.59 Å². The van der Waals surface area contributed by atoms with E-state index >= 15 is 0 Å². The first-order chi connectivity index (χ1) is 29.0. The van der Waals surface area contributed by atoms with Crippen LogP contribution in [-0.4, -0.2) is 181 Å². The number of esters is 1. The molecule has 4 aliphatic heterocycles. The van der Waals surface area contributed by atoms with E-state index in [2.05, 4.69) is 0 Å². The molecular weight excluding hydrogens is 810 g/mol. The smallest absolute Gasteiger partial charge is 0.308 e. The van der Waals surface area contributed by atoms with Crippen molar-refractivity contribution in [2.75, 3.05) is 34.9 Å². The first kappa shape index (κ1) is 52.7. The zero-order valence-electron chi connectivity index (χ0n) is 39.0. The maximum atomic E-state index is 13.7. The normalized spacial score (nSPS) is 47.1. The van der Waals surface area contributed by atoms with Crippen LogP contribution in [0.4, 0.5) is 0 Å². The number of carbonyl (C=O) groups is 2. The molecule has 5 N–H and O–H groups in total. The number of methoxy groups -OCH3 is 2. The minimum absolute atomic E-state index is 0.00464. The maximum absolute atomic E-state index is 13.7. The molecular formula is C45H77NO16. The quantitative estimate of drug-likeness (QED) is 0.188. The van der Waals surface area contributed by atoms with Gasteiger partial charge in [0, 0.05) is 38.4 Å². The molecule has 0 aliphatic carbocycles. The van der Waals surface area contributed by atoms with Crippen LogP contribution in [0.3, 0.4) is 0 Å². The molecule has 0 amide bonds. The van der Waals surface area contributed by atoms with E-state index < -0.39 is 127 Å². The Bertz CT molecular complexity index is 1490. The molecule has 17 nitrogen and oxygen atoms in total. The van der Waals surface area contributed by atoms with E-state index in [-0.39, 0.29) is 31.1 Å². The van der Waals surface area contributed by atoms with Crippen molar-refractivity contribution in [2.24, 2.45) is 23.7 Å². The summed E-state index contributed by atoms with van der Waals surface area (Å²) in [6, 6.07) is -0.678. The number of allylic oxidation sites excluding steroid dienone is 3. The van der Waals surface area contributed by atoms with E-state index in [1.54, 1.807) is 52.8 Å². The minimum atomic E-state index is -1.46. The molecule has 4 rings (SSSR count). The van der Waals surface area contributed by atoms with Gasteiger partial charge in [0.15, 0.2) is 24.7 Å². The van der Waals surface area contributed by atoms with Gasteiger partial charge in [-0.1, -0.05) is 45.4 Å². The third-order valence-electron chi connectivity index (χ3n) is 13.2. The van der Waals surface area contributed by atoms with Gasteiger partial charge in [0.1, 0.15) is 42.7 Å². The summed E-state index contributed by atoms with van der Waals surface area (Å²) >= 11 is 0. The van der Waals surface area contributed by atoms with Gasteiger partial charge in [0.25, 0.3) is 0 Å². The lowest BCUT2D eigenvalue weighted by molar-refractivity contribution is -0.341. The van der Waals surface area contributed by atoms with Crippen molar-refractivity contribution in [3.63, 3.8) is 0 Å². The Morgan fingerprint density at radius 3 is 2.06 bits per heavy atom. The summed E-state index contributed by atoms with van der Waals surface area (Å²) in [6.45, 7) is 15.9. The summed E-state index contributed by atoms with van der Waals surface area (Å²) < 4.78 is 54.7. The highest BCUT2D eigenvalue weighted by molar-refractivity contribution is 5.91. The third kappa shape index (κ3) is 12.9. The summed E-state index contributed by atoms with van der Waals surface area (Å²) in [5.74, 6) is -2.78. The topological polar surface area (TPSA) is 222 Å². The van der Waals surface area contributed by atoms with Gasteiger partial charge in [-0.05, 0) is 73.5 Å². The molecule has 3 fully saturated rings. The van der Waals surface area contributed by atoms with Crippen molar-refractivity contribution in [1.29, 1.82) is 0 Å². The van der Waals surface area contributed by atoms with Crippen molar-refractivity contribution < 1.29 is 77.8 Å². The van der Waals surface area contributed by atoms with Crippen LogP contribution in [0.5, 0.6) is 0 Å². The van der Waals surface area contributed by atoms with Crippen LogP contribution in [0.2, 0.25) is 0 Å². The van der Waals surface area contributed by atoms with Gasteiger partial charge >= 0.3 is 5.97 Å². The molecule has 4 heterocycles. The van der Waals surface area contributed by atoms with Crippen molar-refractivity contribution in [2.45, 2.75) is 192 Å². The van der Waals surface area contributed by atoms with Crippen LogP contribution in [0.1, 0.15) is 88.0 Å². The molecule has 4 aliphatic rings. The summed E-state index contributed by atoms with van der Waals surface area (Å²) in [4.78, 5) is 29.1. The van der Waals surface area contributed by atoms with E-state index in [0.717, 1.165) is 5.57 Å². The predicted octanol–water partition coefficient (Wildman–Crippen LogP) is 2.26. The molecule has 3 saturated heterocycles. The molecule has 0 bridgehead atoms. The summed E-state index contributed by atoms with van der Waals surface area (Å²) in [7, 11) is 6.53. The minimum Gasteiger partial charge on any atom is -0.462 e. The van der Waals surface area contributed by atoms with Crippen LogP contribution in [0, 0.1) is 23.7 Å². The highest BCUT2D eigenvalue weighted by Crippen LogP contribution is 2.37. The van der Waals surface area contributed by atoms with Crippen LogP contribution < -0.4 is 0 Å². The van der Waals surface area contributed by atoms with Gasteiger partial charge in [0.05, 0.1) is 55.2 Å². The average Bonchev–Trinajstić information content (AvgIpc) is 3.20. The SMILES string of the molecule is CCC1OC(=O)CC(O)C(C)C(O[C@H]2O[C@H](C)[C@@H](O[C@H]3C[C@@](C)(O)[C@@H](O)[C@H](C)O3)[C@@H](N(C)C)[C@H]2O)C(C)CC(C)C(=O)/C=C/C(C)=C/C1CO[C@@H]1O[C@H](C)[C@@H](O)[C@@H](OC)[C@H]1OC. The third-order valence-corrected chi connectivity index (χ3v) is 13.2. The lowest BCUT2D eigenvalue weighted by Gasteiger charge is -2.50. The Morgan fingerprint density at radius 2 is 1.47 bits per heavy atom. The Hall–Kier alpha value is -1.94. The fourth-order valence-corrected chi connectivity index (χ4v) is 9.37. The Labute approximate surface area is 367 Å².